The molecule has 17 heavy (non-hydrogen) atoms. The second-order valence-electron chi connectivity index (χ2n) is 4.59. The van der Waals surface area contributed by atoms with Gasteiger partial charge in [0.15, 0.2) is 0 Å². The third-order valence-electron chi connectivity index (χ3n) is 3.41. The molecule has 3 heteroatoms. The Labute approximate surface area is 113 Å². The third kappa shape index (κ3) is 3.21. The first kappa shape index (κ1) is 13.3. The summed E-state index contributed by atoms with van der Waals surface area (Å²) in [4.78, 5) is 0. The fourth-order valence-corrected chi connectivity index (χ4v) is 5.13. The predicted molar refractivity (Wildman–Crippen MR) is 81.3 cm³/mol. The fraction of sp³-hybridized carbons (Fsp3) is 0.571. The lowest BCUT2D eigenvalue weighted by atomic mass is 9.99. The van der Waals surface area contributed by atoms with Gasteiger partial charge in [0.1, 0.15) is 0 Å². The van der Waals surface area contributed by atoms with Gasteiger partial charge in [0.25, 0.3) is 0 Å². The van der Waals surface area contributed by atoms with Crippen LogP contribution in [-0.2, 0) is 0 Å². The van der Waals surface area contributed by atoms with Gasteiger partial charge in [-0.15, -0.1) is 0 Å². The Bertz CT molecular complexity index is 372. The molecule has 1 fully saturated rings. The van der Waals surface area contributed by atoms with Crippen LogP contribution in [0.1, 0.15) is 22.7 Å². The van der Waals surface area contributed by atoms with Gasteiger partial charge in [-0.3, -0.25) is 0 Å². The van der Waals surface area contributed by atoms with Gasteiger partial charge in [0, 0.05) is 28.6 Å². The summed E-state index contributed by atoms with van der Waals surface area (Å²) in [6.07, 6.45) is 0. The standard InChI is InChI=1S/C14H21NS2/c1-10-4-5-12(8-11(10)2)14(15-3)13-9-16-6-7-17-13/h4-5,8,13-15H,6-7,9H2,1-3H3. The molecule has 0 bridgehead atoms. The van der Waals surface area contributed by atoms with Gasteiger partial charge in [-0.1, -0.05) is 18.2 Å². The number of rotatable bonds is 3. The smallest absolute Gasteiger partial charge is 0.0446 e. The number of benzene rings is 1. The third-order valence-corrected chi connectivity index (χ3v) is 6.28. The van der Waals surface area contributed by atoms with Crippen LogP contribution < -0.4 is 5.32 Å². The molecule has 1 aromatic rings. The van der Waals surface area contributed by atoms with Crippen molar-refractivity contribution in [1.82, 2.24) is 5.32 Å². The second kappa shape index (κ2) is 6.17. The first-order valence-electron chi connectivity index (χ1n) is 6.16. The Morgan fingerprint density at radius 3 is 2.65 bits per heavy atom. The highest BCUT2D eigenvalue weighted by molar-refractivity contribution is 8.06. The van der Waals surface area contributed by atoms with Gasteiger partial charge < -0.3 is 5.32 Å². The van der Waals surface area contributed by atoms with Crippen LogP contribution in [-0.4, -0.2) is 29.6 Å². The summed E-state index contributed by atoms with van der Waals surface area (Å²) >= 11 is 4.21. The Balaban J connectivity index is 2.18. The molecule has 2 unspecified atom stereocenters. The van der Waals surface area contributed by atoms with Crippen LogP contribution in [0.5, 0.6) is 0 Å². The van der Waals surface area contributed by atoms with Crippen molar-refractivity contribution in [3.63, 3.8) is 0 Å². The van der Waals surface area contributed by atoms with Crippen LogP contribution in [0.15, 0.2) is 18.2 Å². The molecule has 1 aliphatic rings. The number of hydrogen-bond acceptors (Lipinski definition) is 3. The van der Waals surface area contributed by atoms with Crippen LogP contribution in [0.3, 0.4) is 0 Å². The van der Waals surface area contributed by atoms with Gasteiger partial charge in [-0.2, -0.15) is 23.5 Å². The summed E-state index contributed by atoms with van der Waals surface area (Å²) in [6, 6.07) is 7.36. The molecule has 1 saturated heterocycles. The van der Waals surface area contributed by atoms with Gasteiger partial charge in [-0.25, -0.2) is 0 Å². The molecule has 2 rings (SSSR count). The zero-order valence-corrected chi connectivity index (χ0v) is 12.5. The highest BCUT2D eigenvalue weighted by Gasteiger charge is 2.24. The molecular weight excluding hydrogens is 246 g/mol. The maximum atomic E-state index is 3.50. The Morgan fingerprint density at radius 1 is 1.24 bits per heavy atom. The SMILES string of the molecule is CNC(c1ccc(C)c(C)c1)C1CSCCS1. The van der Waals surface area contributed by atoms with Crippen molar-refractivity contribution >= 4 is 23.5 Å². The molecule has 1 aliphatic heterocycles. The molecule has 0 aliphatic carbocycles. The second-order valence-corrected chi connectivity index (χ2v) is 7.09. The zero-order chi connectivity index (χ0) is 12.3. The van der Waals surface area contributed by atoms with Crippen LogP contribution >= 0.6 is 23.5 Å². The summed E-state index contributed by atoms with van der Waals surface area (Å²) in [6.45, 7) is 4.38. The molecule has 0 saturated carbocycles. The molecule has 0 spiro atoms. The average Bonchev–Trinajstić information content (AvgIpc) is 2.36. The number of aryl methyl sites for hydroxylation is 2. The maximum absolute atomic E-state index is 3.50. The van der Waals surface area contributed by atoms with Crippen molar-refractivity contribution in [1.29, 1.82) is 0 Å². The lowest BCUT2D eigenvalue weighted by Gasteiger charge is -2.30. The van der Waals surface area contributed by atoms with Crippen molar-refractivity contribution in [2.24, 2.45) is 0 Å². The van der Waals surface area contributed by atoms with E-state index >= 15 is 0 Å². The quantitative estimate of drug-likeness (QED) is 0.901. The molecule has 0 radical (unpaired) electrons. The van der Waals surface area contributed by atoms with Crippen molar-refractivity contribution < 1.29 is 0 Å². The summed E-state index contributed by atoms with van der Waals surface area (Å²) in [7, 11) is 2.08. The molecule has 2 atom stereocenters. The summed E-state index contributed by atoms with van der Waals surface area (Å²) in [5.41, 5.74) is 4.22. The number of hydrogen-bond donors (Lipinski definition) is 1. The highest BCUT2D eigenvalue weighted by atomic mass is 32.2. The predicted octanol–water partition coefficient (Wildman–Crippen LogP) is 3.41. The lowest BCUT2D eigenvalue weighted by molar-refractivity contribution is 0.592. The van der Waals surface area contributed by atoms with E-state index in [2.05, 4.69) is 67.9 Å². The van der Waals surface area contributed by atoms with Crippen LogP contribution in [0, 0.1) is 13.8 Å². The van der Waals surface area contributed by atoms with Crippen LogP contribution in [0.25, 0.3) is 0 Å². The maximum Gasteiger partial charge on any atom is 0.0446 e. The molecule has 1 heterocycles. The fourth-order valence-electron chi connectivity index (χ4n) is 2.22. The topological polar surface area (TPSA) is 12.0 Å². The molecule has 94 valence electrons. The van der Waals surface area contributed by atoms with Crippen LogP contribution in [0.2, 0.25) is 0 Å². The zero-order valence-electron chi connectivity index (χ0n) is 10.8. The molecule has 0 aromatic heterocycles. The normalized spacial score (nSPS) is 22.4. The summed E-state index contributed by atoms with van der Waals surface area (Å²) < 4.78 is 0. The summed E-state index contributed by atoms with van der Waals surface area (Å²) in [5, 5.41) is 4.21. The van der Waals surface area contributed by atoms with E-state index in [0.717, 1.165) is 0 Å². The van der Waals surface area contributed by atoms with Crippen molar-refractivity contribution in [2.75, 3.05) is 24.3 Å². The Hall–Kier alpha value is -0.120. The molecule has 1 N–H and O–H groups in total. The molecular formula is C14H21NS2. The molecule has 1 aromatic carbocycles. The first-order valence-corrected chi connectivity index (χ1v) is 8.36. The first-order chi connectivity index (χ1) is 8.22. The average molecular weight is 267 g/mol. The van der Waals surface area contributed by atoms with E-state index in [1.165, 1.54) is 33.9 Å². The minimum Gasteiger partial charge on any atom is -0.312 e. The van der Waals surface area contributed by atoms with Crippen molar-refractivity contribution in [3.8, 4) is 0 Å². The minimum atomic E-state index is 0.493. The molecule has 1 nitrogen and oxygen atoms in total. The van der Waals surface area contributed by atoms with Gasteiger partial charge in [0.05, 0.1) is 0 Å². The number of nitrogens with one attached hydrogen (secondary N) is 1. The Kier molecular flexibility index (Phi) is 4.83. The van der Waals surface area contributed by atoms with E-state index in [1.807, 2.05) is 0 Å². The monoisotopic (exact) mass is 267 g/mol. The van der Waals surface area contributed by atoms with Crippen LogP contribution in [0.4, 0.5) is 0 Å². The van der Waals surface area contributed by atoms with Gasteiger partial charge in [0.2, 0.25) is 0 Å². The van der Waals surface area contributed by atoms with E-state index in [-0.39, 0.29) is 0 Å². The van der Waals surface area contributed by atoms with E-state index in [0.29, 0.717) is 11.3 Å². The van der Waals surface area contributed by atoms with E-state index in [1.54, 1.807) is 0 Å². The largest absolute Gasteiger partial charge is 0.312 e. The number of thioether (sulfide) groups is 2. The van der Waals surface area contributed by atoms with E-state index < -0.39 is 0 Å². The molecule has 0 amide bonds. The lowest BCUT2D eigenvalue weighted by Crippen LogP contribution is -2.31. The van der Waals surface area contributed by atoms with E-state index in [4.69, 9.17) is 0 Å². The summed E-state index contributed by atoms with van der Waals surface area (Å²) in [5.74, 6) is 3.87. The van der Waals surface area contributed by atoms with Crippen molar-refractivity contribution in [3.05, 3.63) is 34.9 Å². The van der Waals surface area contributed by atoms with Crippen molar-refractivity contribution in [2.45, 2.75) is 25.1 Å². The van der Waals surface area contributed by atoms with Gasteiger partial charge >= 0.3 is 0 Å². The highest BCUT2D eigenvalue weighted by Crippen LogP contribution is 2.33. The van der Waals surface area contributed by atoms with E-state index in [9.17, 15) is 0 Å². The minimum absolute atomic E-state index is 0.493. The Morgan fingerprint density at radius 2 is 2.06 bits per heavy atom. The van der Waals surface area contributed by atoms with Gasteiger partial charge in [-0.05, 0) is 37.6 Å².